The fourth-order valence-electron chi connectivity index (χ4n) is 3.97. The molecule has 2 aromatic heterocycles. The number of nitrogens with one attached hydrogen (secondary N) is 1. The van der Waals surface area contributed by atoms with Crippen molar-refractivity contribution < 1.29 is 14.3 Å². The smallest absolute Gasteiger partial charge is 0.257 e. The number of aryl methyl sites for hydroxylation is 3. The van der Waals surface area contributed by atoms with Gasteiger partial charge >= 0.3 is 0 Å². The lowest BCUT2D eigenvalue weighted by Gasteiger charge is -2.12. The lowest BCUT2D eigenvalue weighted by atomic mass is 10.0. The summed E-state index contributed by atoms with van der Waals surface area (Å²) in [5.74, 6) is 1.20. The molecule has 1 aliphatic heterocycles. The summed E-state index contributed by atoms with van der Waals surface area (Å²) in [5, 5.41) is 7.41. The monoisotopic (exact) mass is 428 g/mol. The zero-order valence-electron chi connectivity index (χ0n) is 18.3. The Morgan fingerprint density at radius 3 is 2.59 bits per heavy atom. The maximum atomic E-state index is 12.9. The van der Waals surface area contributed by atoms with Crippen LogP contribution in [0.3, 0.4) is 0 Å². The first-order chi connectivity index (χ1) is 15.5. The maximum absolute atomic E-state index is 12.9. The maximum Gasteiger partial charge on any atom is 0.257 e. The van der Waals surface area contributed by atoms with Crippen LogP contribution in [0.25, 0.3) is 5.65 Å². The van der Waals surface area contributed by atoms with E-state index in [2.05, 4.69) is 41.6 Å². The quantitative estimate of drug-likeness (QED) is 0.522. The molecule has 2 aromatic carbocycles. The van der Waals surface area contributed by atoms with Gasteiger partial charge < -0.3 is 14.8 Å². The number of ether oxygens (including phenoxy) is 2. The van der Waals surface area contributed by atoms with Crippen molar-refractivity contribution in [1.82, 2.24) is 19.9 Å². The van der Waals surface area contributed by atoms with Crippen molar-refractivity contribution >= 4 is 11.6 Å². The molecule has 7 heteroatoms. The van der Waals surface area contributed by atoms with Crippen LogP contribution in [0.5, 0.6) is 11.5 Å². The minimum Gasteiger partial charge on any atom is -0.454 e. The van der Waals surface area contributed by atoms with Gasteiger partial charge in [-0.2, -0.15) is 5.10 Å². The minimum absolute atomic E-state index is 0.213. The Kier molecular flexibility index (Phi) is 5.01. The molecule has 1 amide bonds. The molecule has 0 atom stereocenters. The fraction of sp³-hybridized carbons (Fsp3) is 0.240. The number of nitrogens with zero attached hydrogens (tertiary/aromatic N) is 3. The second kappa shape index (κ2) is 8.00. The Hall–Kier alpha value is -3.87. The van der Waals surface area contributed by atoms with Crippen molar-refractivity contribution in [2.45, 2.75) is 33.7 Å². The topological polar surface area (TPSA) is 77.8 Å². The summed E-state index contributed by atoms with van der Waals surface area (Å²) in [5.41, 5.74) is 7.42. The van der Waals surface area contributed by atoms with Crippen LogP contribution >= 0.6 is 0 Å². The number of carbonyl (C=O) groups is 1. The van der Waals surface area contributed by atoms with E-state index in [4.69, 9.17) is 14.5 Å². The third kappa shape index (κ3) is 3.66. The molecule has 3 heterocycles. The van der Waals surface area contributed by atoms with Crippen LogP contribution < -0.4 is 14.8 Å². The van der Waals surface area contributed by atoms with Crippen molar-refractivity contribution in [2.75, 3.05) is 6.79 Å². The summed E-state index contributed by atoms with van der Waals surface area (Å²) in [6, 6.07) is 14.1. The molecule has 0 spiro atoms. The Bertz CT molecular complexity index is 1330. The molecule has 5 rings (SSSR count). The van der Waals surface area contributed by atoms with Crippen LogP contribution in [0.1, 0.15) is 44.0 Å². The summed E-state index contributed by atoms with van der Waals surface area (Å²) >= 11 is 0. The highest BCUT2D eigenvalue weighted by atomic mass is 16.7. The molecule has 0 unspecified atom stereocenters. The van der Waals surface area contributed by atoms with Gasteiger partial charge in [0.2, 0.25) is 6.79 Å². The zero-order chi connectivity index (χ0) is 22.2. The number of hydrogen-bond acceptors (Lipinski definition) is 5. The second-order valence-corrected chi connectivity index (χ2v) is 8.09. The van der Waals surface area contributed by atoms with Crippen molar-refractivity contribution in [3.05, 3.63) is 87.9 Å². The van der Waals surface area contributed by atoms with Crippen LogP contribution in [-0.2, 0) is 13.0 Å². The Morgan fingerprint density at radius 1 is 1.03 bits per heavy atom. The molecule has 0 saturated heterocycles. The molecule has 1 aliphatic rings. The number of aromatic nitrogens is 3. The first kappa shape index (κ1) is 20.1. The molecule has 4 aromatic rings. The SMILES string of the molecule is Cc1ccc(Cc2c(C)nc3c(C(=O)NCc4ccc5c(c4)OCO5)cnn3c2C)cc1. The van der Waals surface area contributed by atoms with Crippen molar-refractivity contribution in [1.29, 1.82) is 0 Å². The largest absolute Gasteiger partial charge is 0.454 e. The Balaban J connectivity index is 1.37. The Morgan fingerprint density at radius 2 is 1.78 bits per heavy atom. The highest BCUT2D eigenvalue weighted by molar-refractivity contribution is 5.99. The van der Waals surface area contributed by atoms with E-state index < -0.39 is 0 Å². The number of benzene rings is 2. The number of amides is 1. The van der Waals surface area contributed by atoms with E-state index in [0.717, 1.165) is 34.7 Å². The highest BCUT2D eigenvalue weighted by Gasteiger charge is 2.19. The van der Waals surface area contributed by atoms with Gasteiger partial charge in [-0.25, -0.2) is 9.50 Å². The first-order valence-electron chi connectivity index (χ1n) is 10.6. The molecule has 0 fully saturated rings. The van der Waals surface area contributed by atoms with Crippen molar-refractivity contribution in [3.8, 4) is 11.5 Å². The van der Waals surface area contributed by atoms with Crippen LogP contribution in [0.2, 0.25) is 0 Å². The number of rotatable bonds is 5. The molecule has 0 aliphatic carbocycles. The van der Waals surface area contributed by atoms with Crippen LogP contribution in [0, 0.1) is 20.8 Å². The molecule has 32 heavy (non-hydrogen) atoms. The highest BCUT2D eigenvalue weighted by Crippen LogP contribution is 2.32. The van der Waals surface area contributed by atoms with Crippen LogP contribution in [0.4, 0.5) is 0 Å². The third-order valence-corrected chi connectivity index (χ3v) is 5.84. The van der Waals surface area contributed by atoms with Gasteiger partial charge in [-0.1, -0.05) is 35.9 Å². The van der Waals surface area contributed by atoms with Crippen LogP contribution in [0.15, 0.2) is 48.7 Å². The summed E-state index contributed by atoms with van der Waals surface area (Å²) < 4.78 is 12.5. The lowest BCUT2D eigenvalue weighted by molar-refractivity contribution is 0.0952. The number of carbonyl (C=O) groups excluding carboxylic acids is 1. The lowest BCUT2D eigenvalue weighted by Crippen LogP contribution is -2.23. The minimum atomic E-state index is -0.213. The van der Waals surface area contributed by atoms with Gasteiger partial charge in [0.05, 0.1) is 6.20 Å². The van der Waals surface area contributed by atoms with Gasteiger partial charge in [-0.15, -0.1) is 0 Å². The standard InChI is InChI=1S/C25H24N4O3/c1-15-4-6-18(7-5-15)10-20-16(2)28-24-21(13-27-29(24)17(20)3)25(30)26-12-19-8-9-22-23(11-19)32-14-31-22/h4-9,11,13H,10,12,14H2,1-3H3,(H,26,30). The van der Waals surface area contributed by atoms with Crippen molar-refractivity contribution in [2.24, 2.45) is 0 Å². The first-order valence-corrected chi connectivity index (χ1v) is 10.6. The molecular weight excluding hydrogens is 404 g/mol. The summed E-state index contributed by atoms with van der Waals surface area (Å²) in [7, 11) is 0. The molecule has 1 N–H and O–H groups in total. The molecule has 0 bridgehead atoms. The van der Waals surface area contributed by atoms with E-state index >= 15 is 0 Å². The molecule has 0 radical (unpaired) electrons. The number of fused-ring (bicyclic) bond motifs is 2. The molecule has 0 saturated carbocycles. The zero-order valence-corrected chi connectivity index (χ0v) is 18.3. The van der Waals surface area contributed by atoms with Crippen molar-refractivity contribution in [3.63, 3.8) is 0 Å². The summed E-state index contributed by atoms with van der Waals surface area (Å²) in [4.78, 5) is 17.6. The van der Waals surface area contributed by atoms with E-state index in [1.165, 1.54) is 11.1 Å². The van der Waals surface area contributed by atoms with Gasteiger partial charge in [0.25, 0.3) is 5.91 Å². The van der Waals surface area contributed by atoms with E-state index in [9.17, 15) is 4.79 Å². The van der Waals surface area contributed by atoms with E-state index in [0.29, 0.717) is 23.5 Å². The normalized spacial score (nSPS) is 12.3. The average molecular weight is 428 g/mol. The van der Waals surface area contributed by atoms with Gasteiger partial charge in [0.1, 0.15) is 5.56 Å². The third-order valence-electron chi connectivity index (χ3n) is 5.84. The number of hydrogen-bond donors (Lipinski definition) is 1. The predicted molar refractivity (Wildman–Crippen MR) is 120 cm³/mol. The fourth-order valence-corrected chi connectivity index (χ4v) is 3.97. The van der Waals surface area contributed by atoms with E-state index in [1.807, 2.05) is 32.0 Å². The van der Waals surface area contributed by atoms with Gasteiger partial charge in [-0.3, -0.25) is 4.79 Å². The molecule has 162 valence electrons. The second-order valence-electron chi connectivity index (χ2n) is 8.09. The van der Waals surface area contributed by atoms with Crippen LogP contribution in [-0.4, -0.2) is 27.3 Å². The summed E-state index contributed by atoms with van der Waals surface area (Å²) in [6.07, 6.45) is 2.35. The molecular formula is C25H24N4O3. The van der Waals surface area contributed by atoms with Gasteiger partial charge in [0.15, 0.2) is 17.1 Å². The van der Waals surface area contributed by atoms with E-state index in [1.54, 1.807) is 10.7 Å². The van der Waals surface area contributed by atoms with Gasteiger partial charge in [-0.05, 0) is 49.6 Å². The molecule has 7 nitrogen and oxygen atoms in total. The summed E-state index contributed by atoms with van der Waals surface area (Å²) in [6.45, 7) is 6.68. The average Bonchev–Trinajstić information content (AvgIpc) is 3.43. The van der Waals surface area contributed by atoms with E-state index in [-0.39, 0.29) is 12.7 Å². The Labute approximate surface area is 186 Å². The predicted octanol–water partition coefficient (Wildman–Crippen LogP) is 3.90. The van der Waals surface area contributed by atoms with Gasteiger partial charge in [0, 0.05) is 24.4 Å².